The molecule has 0 radical (unpaired) electrons. The molecular formula is C13H11N3O2S. The fraction of sp³-hybridized carbons (Fsp3) is 0.231. The van der Waals surface area contributed by atoms with Crippen LogP contribution in [0.15, 0.2) is 29.3 Å². The van der Waals surface area contributed by atoms with Gasteiger partial charge in [0.25, 0.3) is 5.54 Å². The van der Waals surface area contributed by atoms with Crippen molar-refractivity contribution in [3.05, 3.63) is 34.0 Å². The predicted molar refractivity (Wildman–Crippen MR) is 71.8 cm³/mol. The molecule has 96 valence electrons. The predicted octanol–water partition coefficient (Wildman–Crippen LogP) is 1.99. The largest absolute Gasteiger partial charge is 0.466 e. The Morgan fingerprint density at radius 2 is 2.16 bits per heavy atom. The summed E-state index contributed by atoms with van der Waals surface area (Å²) in [5, 5.41) is 18.1. The summed E-state index contributed by atoms with van der Waals surface area (Å²) >= 11 is 1.49. The van der Waals surface area contributed by atoms with Gasteiger partial charge in [-0.3, -0.25) is 4.99 Å². The number of nitrogens with zero attached hydrogens (tertiary/aromatic N) is 3. The third-order valence-electron chi connectivity index (χ3n) is 2.16. The van der Waals surface area contributed by atoms with Crippen LogP contribution in [0.3, 0.4) is 0 Å². The number of ether oxygens (including phenoxy) is 1. The summed E-state index contributed by atoms with van der Waals surface area (Å²) < 4.78 is 4.41. The summed E-state index contributed by atoms with van der Waals surface area (Å²) in [6, 6.07) is 7.30. The number of methoxy groups -OCH3 is 1. The van der Waals surface area contributed by atoms with Gasteiger partial charge in [0.15, 0.2) is 0 Å². The van der Waals surface area contributed by atoms with Crippen molar-refractivity contribution in [1.29, 1.82) is 10.5 Å². The van der Waals surface area contributed by atoms with Crippen molar-refractivity contribution < 1.29 is 9.53 Å². The topological polar surface area (TPSA) is 86.2 Å². The molecule has 1 heterocycles. The molecule has 0 unspecified atom stereocenters. The van der Waals surface area contributed by atoms with Crippen LogP contribution in [0, 0.1) is 29.6 Å². The highest BCUT2D eigenvalue weighted by Gasteiger charge is 2.25. The van der Waals surface area contributed by atoms with Gasteiger partial charge in [-0.2, -0.15) is 10.5 Å². The summed E-state index contributed by atoms with van der Waals surface area (Å²) in [6.07, 6.45) is 3.59. The van der Waals surface area contributed by atoms with Gasteiger partial charge in [-0.1, -0.05) is 0 Å². The second-order valence-corrected chi connectivity index (χ2v) is 4.87. The van der Waals surface area contributed by atoms with Gasteiger partial charge < -0.3 is 4.74 Å². The van der Waals surface area contributed by atoms with Crippen LogP contribution in [0.4, 0.5) is 0 Å². The van der Waals surface area contributed by atoms with Crippen LogP contribution < -0.4 is 0 Å². The molecule has 0 fully saturated rings. The Morgan fingerprint density at radius 1 is 1.47 bits per heavy atom. The van der Waals surface area contributed by atoms with Gasteiger partial charge in [-0.05, 0) is 25.1 Å². The van der Waals surface area contributed by atoms with E-state index in [0.29, 0.717) is 0 Å². The summed E-state index contributed by atoms with van der Waals surface area (Å²) in [4.78, 5) is 16.9. The number of rotatable bonds is 4. The maximum absolute atomic E-state index is 11.0. The maximum Gasteiger partial charge on any atom is 0.330 e. The molecule has 0 N–H and O–H groups in total. The third kappa shape index (κ3) is 4.06. The Balaban J connectivity index is 2.98. The monoisotopic (exact) mass is 273 g/mol. The van der Waals surface area contributed by atoms with Crippen LogP contribution in [-0.2, 0) is 9.53 Å². The molecule has 0 aliphatic heterocycles. The van der Waals surface area contributed by atoms with Gasteiger partial charge in [0.05, 0.1) is 7.11 Å². The molecule has 0 bridgehead atoms. The highest BCUT2D eigenvalue weighted by molar-refractivity contribution is 7.13. The smallest absolute Gasteiger partial charge is 0.330 e. The van der Waals surface area contributed by atoms with Gasteiger partial charge in [-0.15, -0.1) is 11.3 Å². The van der Waals surface area contributed by atoms with Crippen LogP contribution >= 0.6 is 11.3 Å². The lowest BCUT2D eigenvalue weighted by Crippen LogP contribution is -2.19. The number of aryl methyl sites for hydroxylation is 1. The van der Waals surface area contributed by atoms with Crippen molar-refractivity contribution in [2.45, 2.75) is 12.5 Å². The Kier molecular flexibility index (Phi) is 4.99. The third-order valence-corrected chi connectivity index (χ3v) is 3.09. The summed E-state index contributed by atoms with van der Waals surface area (Å²) in [5.41, 5.74) is -1.72. The molecule has 5 nitrogen and oxygen atoms in total. The second-order valence-electron chi connectivity index (χ2n) is 3.55. The van der Waals surface area contributed by atoms with E-state index in [2.05, 4.69) is 9.73 Å². The van der Waals surface area contributed by atoms with E-state index in [0.717, 1.165) is 21.9 Å². The molecule has 0 saturated heterocycles. The first kappa shape index (κ1) is 14.6. The summed E-state index contributed by atoms with van der Waals surface area (Å²) in [6.45, 7) is 1.95. The molecule has 0 spiro atoms. The molecule has 1 rings (SSSR count). The number of esters is 1. The van der Waals surface area contributed by atoms with Crippen LogP contribution in [0.5, 0.6) is 0 Å². The van der Waals surface area contributed by atoms with Crippen molar-refractivity contribution >= 4 is 23.5 Å². The summed E-state index contributed by atoms with van der Waals surface area (Å²) in [5.74, 6) is -0.642. The zero-order valence-corrected chi connectivity index (χ0v) is 11.3. The standard InChI is InChI=1S/C13H11N3O2S/c1-10-3-4-11(19-10)7-16-13(8-14,9-15)6-5-12(17)18-2/h3-7H,1-2H3/b6-5+,16-7?. The summed E-state index contributed by atoms with van der Waals surface area (Å²) in [7, 11) is 1.21. The number of thiophene rings is 1. The van der Waals surface area contributed by atoms with E-state index in [4.69, 9.17) is 10.5 Å². The van der Waals surface area contributed by atoms with Crippen molar-refractivity contribution in [1.82, 2.24) is 0 Å². The number of carbonyl (C=O) groups excluding carboxylic acids is 1. The lowest BCUT2D eigenvalue weighted by Gasteiger charge is -2.06. The first-order chi connectivity index (χ1) is 9.05. The van der Waals surface area contributed by atoms with Crippen molar-refractivity contribution in [3.8, 4) is 12.1 Å². The van der Waals surface area contributed by atoms with Gasteiger partial charge >= 0.3 is 5.97 Å². The van der Waals surface area contributed by atoms with Crippen molar-refractivity contribution in [3.63, 3.8) is 0 Å². The molecule has 0 aliphatic rings. The minimum absolute atomic E-state index is 0.642. The molecule has 0 aliphatic carbocycles. The average Bonchev–Trinajstić information content (AvgIpc) is 2.85. The number of hydrogen-bond donors (Lipinski definition) is 0. The zero-order chi connectivity index (χ0) is 14.3. The first-order valence-corrected chi connectivity index (χ1v) is 6.08. The Labute approximate surface area is 115 Å². The molecule has 0 amide bonds. The Bertz CT molecular complexity index is 588. The van der Waals surface area contributed by atoms with Crippen LogP contribution in [0.1, 0.15) is 9.75 Å². The second kappa shape index (κ2) is 6.48. The number of hydrogen-bond acceptors (Lipinski definition) is 6. The Hall–Kier alpha value is -2.44. The number of aliphatic imine (C=N–C) groups is 1. The minimum atomic E-state index is -1.72. The minimum Gasteiger partial charge on any atom is -0.466 e. The normalized spacial score (nSPS) is 11.4. The fourth-order valence-corrected chi connectivity index (χ4v) is 1.89. The Morgan fingerprint density at radius 3 is 2.63 bits per heavy atom. The molecule has 0 atom stereocenters. The SMILES string of the molecule is COC(=O)/C=C/C(C#N)(C#N)N=Cc1ccc(C)s1. The lowest BCUT2D eigenvalue weighted by molar-refractivity contribution is -0.134. The van der Waals surface area contributed by atoms with Gasteiger partial charge in [0, 0.05) is 22.0 Å². The van der Waals surface area contributed by atoms with Gasteiger partial charge in [0.2, 0.25) is 0 Å². The van der Waals surface area contributed by atoms with E-state index in [9.17, 15) is 4.79 Å². The molecule has 0 aromatic carbocycles. The van der Waals surface area contributed by atoms with Crippen molar-refractivity contribution in [2.24, 2.45) is 4.99 Å². The highest BCUT2D eigenvalue weighted by Crippen LogP contribution is 2.16. The molecule has 1 aromatic rings. The van der Waals surface area contributed by atoms with E-state index in [1.54, 1.807) is 12.1 Å². The molecule has 1 aromatic heterocycles. The van der Waals surface area contributed by atoms with E-state index in [1.807, 2.05) is 19.1 Å². The van der Waals surface area contributed by atoms with Gasteiger partial charge in [-0.25, -0.2) is 4.79 Å². The van der Waals surface area contributed by atoms with E-state index >= 15 is 0 Å². The number of carbonyl (C=O) groups is 1. The van der Waals surface area contributed by atoms with Crippen LogP contribution in [0.2, 0.25) is 0 Å². The maximum atomic E-state index is 11.0. The van der Waals surface area contributed by atoms with E-state index < -0.39 is 11.5 Å². The first-order valence-electron chi connectivity index (χ1n) is 5.26. The van der Waals surface area contributed by atoms with Crippen LogP contribution in [-0.4, -0.2) is 24.8 Å². The average molecular weight is 273 g/mol. The number of nitriles is 2. The fourth-order valence-electron chi connectivity index (χ4n) is 1.15. The molecule has 0 saturated carbocycles. The van der Waals surface area contributed by atoms with E-state index in [-0.39, 0.29) is 0 Å². The van der Waals surface area contributed by atoms with Crippen molar-refractivity contribution in [2.75, 3.05) is 7.11 Å². The molecule has 6 heteroatoms. The lowest BCUT2D eigenvalue weighted by atomic mass is 10.0. The quantitative estimate of drug-likeness (QED) is 0.477. The van der Waals surface area contributed by atoms with Crippen LogP contribution in [0.25, 0.3) is 0 Å². The molecule has 19 heavy (non-hydrogen) atoms. The zero-order valence-electron chi connectivity index (χ0n) is 10.5. The molecular weight excluding hydrogens is 262 g/mol. The van der Waals surface area contributed by atoms with Gasteiger partial charge in [0.1, 0.15) is 12.1 Å². The van der Waals surface area contributed by atoms with E-state index in [1.165, 1.54) is 24.7 Å². The highest BCUT2D eigenvalue weighted by atomic mass is 32.1.